The molecule has 0 heterocycles. The lowest BCUT2D eigenvalue weighted by molar-refractivity contribution is -0.126. The maximum absolute atomic E-state index is 12.0. The van der Waals surface area contributed by atoms with Gasteiger partial charge in [0.25, 0.3) is 5.91 Å². The molecule has 0 radical (unpaired) electrons. The molecule has 8 nitrogen and oxygen atoms in total. The number of nitrogens with zero attached hydrogens (tertiary/aromatic N) is 2. The predicted molar refractivity (Wildman–Crippen MR) is 79.5 cm³/mol. The third-order valence-electron chi connectivity index (χ3n) is 2.98. The number of oxime groups is 1. The molecule has 5 N–H and O–H groups in total. The summed E-state index contributed by atoms with van der Waals surface area (Å²) in [6.07, 6.45) is 2.12. The van der Waals surface area contributed by atoms with Gasteiger partial charge < -0.3 is 16.7 Å². The number of nitrogen functional groups attached to an aromatic ring is 1. The molecule has 21 heavy (non-hydrogen) atoms. The summed E-state index contributed by atoms with van der Waals surface area (Å²) in [4.78, 5) is 12.0. The van der Waals surface area contributed by atoms with E-state index in [4.69, 9.17) is 16.7 Å². The Morgan fingerprint density at radius 3 is 2.67 bits per heavy atom. The first kappa shape index (κ1) is 16.9. The van der Waals surface area contributed by atoms with Crippen molar-refractivity contribution in [3.05, 3.63) is 29.3 Å². The molecule has 1 amide bonds. The van der Waals surface area contributed by atoms with Crippen LogP contribution in [0.1, 0.15) is 11.1 Å². The molecule has 9 heteroatoms. The zero-order chi connectivity index (χ0) is 16.2. The Morgan fingerprint density at radius 2 is 2.14 bits per heavy atom. The quantitative estimate of drug-likeness (QED) is 0.286. The Hall–Kier alpha value is -2.13. The molecule has 116 valence electrons. The van der Waals surface area contributed by atoms with Crippen LogP contribution in [0.15, 0.2) is 23.4 Å². The van der Waals surface area contributed by atoms with Crippen LogP contribution >= 0.6 is 0 Å². The van der Waals surface area contributed by atoms with Crippen molar-refractivity contribution in [2.75, 3.05) is 19.0 Å². The molecule has 0 aromatic heterocycles. The van der Waals surface area contributed by atoms with Crippen molar-refractivity contribution in [3.63, 3.8) is 0 Å². The first-order valence-electron chi connectivity index (χ1n) is 5.96. The van der Waals surface area contributed by atoms with Crippen LogP contribution in [-0.2, 0) is 21.2 Å². The minimum absolute atomic E-state index is 0.0606. The maximum atomic E-state index is 12.0. The van der Waals surface area contributed by atoms with Crippen molar-refractivity contribution in [2.24, 2.45) is 10.9 Å². The number of anilines is 1. The van der Waals surface area contributed by atoms with Crippen molar-refractivity contribution < 1.29 is 18.4 Å². The van der Waals surface area contributed by atoms with Crippen molar-refractivity contribution in [1.82, 2.24) is 4.31 Å². The number of likely N-dealkylation sites (N-methyl/N-ethyl adjacent to an activating group) is 1. The van der Waals surface area contributed by atoms with E-state index in [1.54, 1.807) is 18.2 Å². The molecule has 0 aliphatic carbocycles. The molecule has 0 aliphatic rings. The van der Waals surface area contributed by atoms with Gasteiger partial charge in [0.2, 0.25) is 10.0 Å². The summed E-state index contributed by atoms with van der Waals surface area (Å²) in [5, 5.41) is 11.6. The molecule has 1 rings (SSSR count). The van der Waals surface area contributed by atoms with Gasteiger partial charge in [-0.1, -0.05) is 17.3 Å². The first-order chi connectivity index (χ1) is 9.68. The van der Waals surface area contributed by atoms with E-state index in [1.807, 2.05) is 0 Å². The second kappa shape index (κ2) is 6.55. The number of carbonyl (C=O) groups excluding carboxylic acids is 1. The predicted octanol–water partition coefficient (Wildman–Crippen LogP) is -0.635. The normalized spacial score (nSPS) is 13.3. The fourth-order valence-electron chi connectivity index (χ4n) is 1.75. The summed E-state index contributed by atoms with van der Waals surface area (Å²) >= 11 is 0. The van der Waals surface area contributed by atoms with Crippen LogP contribution in [0.2, 0.25) is 0 Å². The molecule has 0 saturated heterocycles. The molecule has 1 aromatic rings. The van der Waals surface area contributed by atoms with Crippen molar-refractivity contribution >= 4 is 27.8 Å². The molecule has 0 saturated carbocycles. The lowest BCUT2D eigenvalue weighted by Gasteiger charge is -2.20. The minimum Gasteiger partial charge on any atom is -0.411 e. The molecule has 0 bridgehead atoms. The van der Waals surface area contributed by atoms with E-state index in [9.17, 15) is 13.2 Å². The van der Waals surface area contributed by atoms with Crippen LogP contribution in [0.4, 0.5) is 5.69 Å². The smallest absolute Gasteiger partial charge is 0.253 e. The average Bonchev–Trinajstić information content (AvgIpc) is 2.40. The molecule has 0 unspecified atom stereocenters. The number of benzene rings is 1. The van der Waals surface area contributed by atoms with E-state index < -0.39 is 22.0 Å². The van der Waals surface area contributed by atoms with Crippen LogP contribution in [0.25, 0.3) is 0 Å². The molecule has 0 fully saturated rings. The number of hydrogen-bond acceptors (Lipinski definition) is 7. The Kier molecular flexibility index (Phi) is 5.28. The monoisotopic (exact) mass is 314 g/mol. The summed E-state index contributed by atoms with van der Waals surface area (Å²) in [5.41, 5.74) is 12.9. The van der Waals surface area contributed by atoms with Crippen LogP contribution < -0.4 is 11.5 Å². The average molecular weight is 314 g/mol. The van der Waals surface area contributed by atoms with Gasteiger partial charge in [0.1, 0.15) is 0 Å². The molecule has 1 atom stereocenters. The fraction of sp³-hybridized carbons (Fsp3) is 0.333. The number of sulfonamides is 1. The summed E-state index contributed by atoms with van der Waals surface area (Å²) in [6.45, 7) is 0. The van der Waals surface area contributed by atoms with Gasteiger partial charge >= 0.3 is 0 Å². The van der Waals surface area contributed by atoms with Gasteiger partial charge in [-0.2, -0.15) is 0 Å². The number of rotatable bonds is 5. The lowest BCUT2D eigenvalue weighted by Crippen LogP contribution is -2.45. The van der Waals surface area contributed by atoms with Crippen LogP contribution in [-0.4, -0.2) is 49.4 Å². The zero-order valence-electron chi connectivity index (χ0n) is 11.7. The number of hydrogen-bond donors (Lipinski definition) is 3. The second-order valence-corrected chi connectivity index (χ2v) is 6.56. The van der Waals surface area contributed by atoms with Gasteiger partial charge in [0.15, 0.2) is 0 Å². The SMILES string of the molecule is CN(C(=O)[C@@H](N)Cc1cccc(N)c1C=NO)S(C)(=O)=O. The zero-order valence-corrected chi connectivity index (χ0v) is 12.5. The highest BCUT2D eigenvalue weighted by Crippen LogP contribution is 2.17. The highest BCUT2D eigenvalue weighted by atomic mass is 32.2. The van der Waals surface area contributed by atoms with E-state index >= 15 is 0 Å². The molecular formula is C12H18N4O4S. The molecular weight excluding hydrogens is 296 g/mol. The van der Waals surface area contributed by atoms with Crippen molar-refractivity contribution in [3.8, 4) is 0 Å². The van der Waals surface area contributed by atoms with Crippen LogP contribution in [0.3, 0.4) is 0 Å². The van der Waals surface area contributed by atoms with Gasteiger partial charge in [0.05, 0.1) is 18.5 Å². The fourth-order valence-corrected chi connectivity index (χ4v) is 2.21. The van der Waals surface area contributed by atoms with Crippen molar-refractivity contribution in [1.29, 1.82) is 0 Å². The van der Waals surface area contributed by atoms with E-state index in [2.05, 4.69) is 5.16 Å². The Balaban J connectivity index is 3.02. The summed E-state index contributed by atoms with van der Waals surface area (Å²) in [7, 11) is -2.51. The van der Waals surface area contributed by atoms with E-state index in [0.29, 0.717) is 21.1 Å². The third kappa shape index (κ3) is 4.17. The Bertz CT molecular complexity index is 657. The van der Waals surface area contributed by atoms with E-state index in [1.165, 1.54) is 0 Å². The third-order valence-corrected chi connectivity index (χ3v) is 4.16. The summed E-state index contributed by atoms with van der Waals surface area (Å²) < 4.78 is 23.3. The first-order valence-corrected chi connectivity index (χ1v) is 7.81. The maximum Gasteiger partial charge on any atom is 0.253 e. The van der Waals surface area contributed by atoms with Gasteiger partial charge in [0, 0.05) is 18.3 Å². The van der Waals surface area contributed by atoms with Gasteiger partial charge in [-0.25, -0.2) is 12.7 Å². The number of amides is 1. The number of carbonyl (C=O) groups is 1. The van der Waals surface area contributed by atoms with E-state index in [0.717, 1.165) is 19.5 Å². The highest BCUT2D eigenvalue weighted by molar-refractivity contribution is 7.88. The molecule has 0 spiro atoms. The van der Waals surface area contributed by atoms with Gasteiger partial charge in [-0.05, 0) is 18.1 Å². The highest BCUT2D eigenvalue weighted by Gasteiger charge is 2.25. The minimum atomic E-state index is -3.66. The largest absolute Gasteiger partial charge is 0.411 e. The lowest BCUT2D eigenvalue weighted by atomic mass is 9.99. The summed E-state index contributed by atoms with van der Waals surface area (Å²) in [6, 6.07) is 3.88. The number of nitrogens with two attached hydrogens (primary N) is 2. The molecule has 0 aliphatic heterocycles. The van der Waals surface area contributed by atoms with Crippen molar-refractivity contribution in [2.45, 2.75) is 12.5 Å². The van der Waals surface area contributed by atoms with Crippen LogP contribution in [0, 0.1) is 0 Å². The Morgan fingerprint density at radius 1 is 1.52 bits per heavy atom. The van der Waals surface area contributed by atoms with Crippen LogP contribution in [0.5, 0.6) is 0 Å². The molecule has 1 aromatic carbocycles. The standard InChI is InChI=1S/C12H18N4O4S/c1-16(21(2,19)20)12(17)11(14)6-8-4-3-5-10(13)9(8)7-15-18/h3-5,7,11,18H,6,13-14H2,1-2H3/t11-/m0/s1. The topological polar surface area (TPSA) is 139 Å². The van der Waals surface area contributed by atoms with E-state index in [-0.39, 0.29) is 6.42 Å². The Labute approximate surface area is 123 Å². The van der Waals surface area contributed by atoms with Gasteiger partial charge in [-0.3, -0.25) is 4.79 Å². The van der Waals surface area contributed by atoms with Gasteiger partial charge in [-0.15, -0.1) is 0 Å². The second-order valence-electron chi connectivity index (χ2n) is 4.54. The summed E-state index contributed by atoms with van der Waals surface area (Å²) in [5.74, 6) is -0.730.